The monoisotopic (exact) mass is 280 g/mol. The van der Waals surface area contributed by atoms with Gasteiger partial charge in [0, 0.05) is 6.04 Å². The van der Waals surface area contributed by atoms with Crippen LogP contribution in [0.5, 0.6) is 0 Å². The first-order valence-corrected chi connectivity index (χ1v) is 7.93. The van der Waals surface area contributed by atoms with E-state index in [1.54, 1.807) is 0 Å². The van der Waals surface area contributed by atoms with Crippen molar-refractivity contribution < 1.29 is 0 Å². The van der Waals surface area contributed by atoms with Crippen molar-refractivity contribution in [1.82, 2.24) is 5.43 Å². The molecule has 0 aromatic heterocycles. The zero-order valence-corrected chi connectivity index (χ0v) is 12.6. The number of hydrogen-bond acceptors (Lipinski definition) is 2. The van der Waals surface area contributed by atoms with Crippen LogP contribution in [-0.4, -0.2) is 0 Å². The minimum Gasteiger partial charge on any atom is -0.271 e. The second-order valence-electron chi connectivity index (χ2n) is 6.05. The first-order valence-electron chi connectivity index (χ1n) is 7.93. The molecule has 1 saturated carbocycles. The van der Waals surface area contributed by atoms with Gasteiger partial charge in [-0.15, -0.1) is 0 Å². The molecule has 2 heteroatoms. The van der Waals surface area contributed by atoms with E-state index in [0.29, 0.717) is 11.8 Å². The predicted molar refractivity (Wildman–Crippen MR) is 87.8 cm³/mol. The Morgan fingerprint density at radius 2 is 1.81 bits per heavy atom. The molecule has 0 saturated heterocycles. The van der Waals surface area contributed by atoms with Crippen LogP contribution >= 0.6 is 0 Å². The summed E-state index contributed by atoms with van der Waals surface area (Å²) in [5.41, 5.74) is 7.18. The highest BCUT2D eigenvalue weighted by molar-refractivity contribution is 5.32. The zero-order valence-electron chi connectivity index (χ0n) is 12.6. The molecule has 0 radical (unpaired) electrons. The van der Waals surface area contributed by atoms with Gasteiger partial charge in [0.15, 0.2) is 0 Å². The highest BCUT2D eigenvalue weighted by Crippen LogP contribution is 2.53. The Morgan fingerprint density at radius 1 is 1.10 bits per heavy atom. The van der Waals surface area contributed by atoms with Gasteiger partial charge < -0.3 is 0 Å². The third-order valence-corrected chi connectivity index (χ3v) is 4.55. The molecule has 2 nitrogen and oxygen atoms in total. The van der Waals surface area contributed by atoms with Crippen molar-refractivity contribution in [2.45, 2.75) is 38.1 Å². The maximum atomic E-state index is 5.83. The molecule has 21 heavy (non-hydrogen) atoms. The number of benzene rings is 2. The molecule has 1 aliphatic rings. The van der Waals surface area contributed by atoms with Gasteiger partial charge in [0.1, 0.15) is 0 Å². The molecular weight excluding hydrogens is 256 g/mol. The maximum absolute atomic E-state index is 5.83. The lowest BCUT2D eigenvalue weighted by Crippen LogP contribution is -2.29. The first kappa shape index (κ1) is 14.3. The SMILES string of the molecule is CCCc1ccc(C(NN)C2CC2c2ccccc2)cc1. The van der Waals surface area contributed by atoms with Crippen molar-refractivity contribution in [2.75, 3.05) is 0 Å². The summed E-state index contributed by atoms with van der Waals surface area (Å²) >= 11 is 0. The van der Waals surface area contributed by atoms with Crippen LogP contribution in [-0.2, 0) is 6.42 Å². The van der Waals surface area contributed by atoms with E-state index >= 15 is 0 Å². The average Bonchev–Trinajstić information content (AvgIpc) is 3.31. The van der Waals surface area contributed by atoms with E-state index in [1.807, 2.05) is 0 Å². The Hall–Kier alpha value is -1.64. The van der Waals surface area contributed by atoms with E-state index in [4.69, 9.17) is 5.84 Å². The number of nitrogens with one attached hydrogen (secondary N) is 1. The Morgan fingerprint density at radius 3 is 2.43 bits per heavy atom. The third kappa shape index (κ3) is 3.17. The van der Waals surface area contributed by atoms with Gasteiger partial charge in [0.2, 0.25) is 0 Å². The number of hydrazine groups is 1. The molecule has 3 N–H and O–H groups in total. The molecule has 0 heterocycles. The van der Waals surface area contributed by atoms with Crippen LogP contribution in [0.3, 0.4) is 0 Å². The molecule has 3 unspecified atom stereocenters. The van der Waals surface area contributed by atoms with Crippen LogP contribution in [0.4, 0.5) is 0 Å². The zero-order chi connectivity index (χ0) is 14.7. The lowest BCUT2D eigenvalue weighted by Gasteiger charge is -2.17. The Balaban J connectivity index is 1.71. The maximum Gasteiger partial charge on any atom is 0.0494 e. The van der Waals surface area contributed by atoms with Crippen LogP contribution in [0.25, 0.3) is 0 Å². The van der Waals surface area contributed by atoms with Crippen molar-refractivity contribution in [3.63, 3.8) is 0 Å². The lowest BCUT2D eigenvalue weighted by molar-refractivity contribution is 0.487. The minimum atomic E-state index is 0.255. The Labute approximate surface area is 127 Å². The summed E-state index contributed by atoms with van der Waals surface area (Å²) in [6.45, 7) is 2.22. The molecular formula is C19H24N2. The van der Waals surface area contributed by atoms with Gasteiger partial charge >= 0.3 is 0 Å². The standard InChI is InChI=1S/C19H24N2/c1-2-6-14-9-11-16(12-10-14)19(21-20)18-13-17(18)15-7-4-3-5-8-15/h3-5,7-12,17-19,21H,2,6,13,20H2,1H3. The number of hydrogen-bond donors (Lipinski definition) is 2. The molecule has 0 amide bonds. The van der Waals surface area contributed by atoms with Crippen LogP contribution in [0, 0.1) is 5.92 Å². The molecule has 2 aromatic rings. The molecule has 0 aliphatic heterocycles. The highest BCUT2D eigenvalue weighted by atomic mass is 15.2. The van der Waals surface area contributed by atoms with Crippen molar-refractivity contribution in [3.05, 3.63) is 71.3 Å². The highest BCUT2D eigenvalue weighted by Gasteiger charge is 2.43. The van der Waals surface area contributed by atoms with Gasteiger partial charge in [-0.25, -0.2) is 0 Å². The van der Waals surface area contributed by atoms with Gasteiger partial charge in [-0.05, 0) is 41.4 Å². The van der Waals surface area contributed by atoms with E-state index in [0.717, 1.165) is 6.42 Å². The molecule has 0 bridgehead atoms. The molecule has 110 valence electrons. The second-order valence-corrected chi connectivity index (χ2v) is 6.05. The van der Waals surface area contributed by atoms with Gasteiger partial charge in [-0.2, -0.15) is 0 Å². The summed E-state index contributed by atoms with van der Waals surface area (Å²) in [5.74, 6) is 7.08. The summed E-state index contributed by atoms with van der Waals surface area (Å²) in [5, 5.41) is 0. The number of nitrogens with two attached hydrogens (primary N) is 1. The second kappa shape index (κ2) is 6.42. The molecule has 1 fully saturated rings. The smallest absolute Gasteiger partial charge is 0.0494 e. The summed E-state index contributed by atoms with van der Waals surface area (Å²) in [7, 11) is 0. The van der Waals surface area contributed by atoms with Crippen molar-refractivity contribution in [2.24, 2.45) is 11.8 Å². The summed E-state index contributed by atoms with van der Waals surface area (Å²) in [4.78, 5) is 0. The fourth-order valence-corrected chi connectivity index (χ4v) is 3.31. The van der Waals surface area contributed by atoms with E-state index in [-0.39, 0.29) is 6.04 Å². The topological polar surface area (TPSA) is 38.0 Å². The average molecular weight is 280 g/mol. The molecule has 2 aromatic carbocycles. The number of rotatable bonds is 6. The summed E-state index contributed by atoms with van der Waals surface area (Å²) in [6.07, 6.45) is 3.56. The Kier molecular flexibility index (Phi) is 4.37. The molecule has 3 atom stereocenters. The predicted octanol–water partition coefficient (Wildman–Crippen LogP) is 3.95. The fourth-order valence-electron chi connectivity index (χ4n) is 3.31. The van der Waals surface area contributed by atoms with Crippen LogP contribution in [0.15, 0.2) is 54.6 Å². The first-order chi connectivity index (χ1) is 10.3. The van der Waals surface area contributed by atoms with E-state index < -0.39 is 0 Å². The minimum absolute atomic E-state index is 0.255. The fraction of sp³-hybridized carbons (Fsp3) is 0.368. The van der Waals surface area contributed by atoms with Crippen molar-refractivity contribution >= 4 is 0 Å². The van der Waals surface area contributed by atoms with Crippen LogP contribution < -0.4 is 11.3 Å². The summed E-state index contributed by atoms with van der Waals surface area (Å²) in [6, 6.07) is 20.0. The van der Waals surface area contributed by atoms with Gasteiger partial charge in [0.25, 0.3) is 0 Å². The largest absolute Gasteiger partial charge is 0.271 e. The van der Waals surface area contributed by atoms with Crippen molar-refractivity contribution in [1.29, 1.82) is 0 Å². The van der Waals surface area contributed by atoms with Crippen LogP contribution in [0.1, 0.15) is 48.4 Å². The summed E-state index contributed by atoms with van der Waals surface area (Å²) < 4.78 is 0. The molecule has 1 aliphatic carbocycles. The van der Waals surface area contributed by atoms with Gasteiger partial charge in [-0.3, -0.25) is 11.3 Å². The molecule has 0 spiro atoms. The quantitative estimate of drug-likeness (QED) is 0.621. The van der Waals surface area contributed by atoms with Crippen molar-refractivity contribution in [3.8, 4) is 0 Å². The van der Waals surface area contributed by atoms with Gasteiger partial charge in [0.05, 0.1) is 0 Å². The number of aryl methyl sites for hydroxylation is 1. The van der Waals surface area contributed by atoms with E-state index in [2.05, 4.69) is 66.9 Å². The third-order valence-electron chi connectivity index (χ3n) is 4.55. The van der Waals surface area contributed by atoms with Gasteiger partial charge in [-0.1, -0.05) is 67.9 Å². The normalized spacial score (nSPS) is 22.0. The van der Waals surface area contributed by atoms with E-state index in [1.165, 1.54) is 29.5 Å². The lowest BCUT2D eigenvalue weighted by atomic mass is 9.97. The van der Waals surface area contributed by atoms with Crippen LogP contribution in [0.2, 0.25) is 0 Å². The molecule has 3 rings (SSSR count). The van der Waals surface area contributed by atoms with E-state index in [9.17, 15) is 0 Å². The Bertz CT molecular complexity index is 562.